The standard InChI is InChI=1S/C19H10BrClF3N5O/c20-11-3-1-10(2-4-11)13-7-15(19(22,23)24)29-17(26-13)8-14(28-29)18(30)27-16-6-5-12(21)9-25-16/h1-9H,(H,25,27,30). The second-order valence-electron chi connectivity index (χ2n) is 6.15. The molecule has 30 heavy (non-hydrogen) atoms. The van der Waals surface area contributed by atoms with Crippen LogP contribution in [-0.2, 0) is 6.18 Å². The van der Waals surface area contributed by atoms with E-state index in [9.17, 15) is 18.0 Å². The summed E-state index contributed by atoms with van der Waals surface area (Å²) in [7, 11) is 0. The van der Waals surface area contributed by atoms with Crippen LogP contribution in [0.4, 0.5) is 19.0 Å². The highest BCUT2D eigenvalue weighted by molar-refractivity contribution is 9.10. The molecule has 0 aliphatic rings. The molecule has 3 aromatic heterocycles. The smallest absolute Gasteiger partial charge is 0.305 e. The van der Waals surface area contributed by atoms with E-state index in [2.05, 4.69) is 36.3 Å². The second kappa shape index (κ2) is 7.69. The molecule has 0 aliphatic heterocycles. The fourth-order valence-corrected chi connectivity index (χ4v) is 3.06. The van der Waals surface area contributed by atoms with Gasteiger partial charge in [-0.05, 0) is 30.3 Å². The first-order chi connectivity index (χ1) is 14.2. The lowest BCUT2D eigenvalue weighted by molar-refractivity contribution is -0.142. The zero-order chi connectivity index (χ0) is 21.5. The number of nitrogens with zero attached hydrogens (tertiary/aromatic N) is 4. The van der Waals surface area contributed by atoms with E-state index in [1.165, 1.54) is 24.4 Å². The lowest BCUT2D eigenvalue weighted by Crippen LogP contribution is -2.16. The molecule has 0 saturated carbocycles. The number of benzene rings is 1. The number of hydrogen-bond donors (Lipinski definition) is 1. The van der Waals surface area contributed by atoms with Gasteiger partial charge in [0.15, 0.2) is 17.0 Å². The van der Waals surface area contributed by atoms with Crippen molar-refractivity contribution in [2.24, 2.45) is 0 Å². The molecule has 0 spiro atoms. The molecule has 0 radical (unpaired) electrons. The Balaban J connectivity index is 1.77. The van der Waals surface area contributed by atoms with Gasteiger partial charge < -0.3 is 5.32 Å². The van der Waals surface area contributed by atoms with Crippen molar-refractivity contribution in [2.45, 2.75) is 6.18 Å². The number of pyridine rings is 1. The topological polar surface area (TPSA) is 72.2 Å². The van der Waals surface area contributed by atoms with Crippen molar-refractivity contribution in [3.63, 3.8) is 0 Å². The molecule has 152 valence electrons. The monoisotopic (exact) mass is 495 g/mol. The molecule has 1 aromatic carbocycles. The van der Waals surface area contributed by atoms with Gasteiger partial charge >= 0.3 is 6.18 Å². The van der Waals surface area contributed by atoms with E-state index in [-0.39, 0.29) is 22.9 Å². The molecule has 11 heteroatoms. The van der Waals surface area contributed by atoms with Crippen molar-refractivity contribution in [1.82, 2.24) is 19.6 Å². The van der Waals surface area contributed by atoms with E-state index in [0.29, 0.717) is 15.1 Å². The van der Waals surface area contributed by atoms with Gasteiger partial charge in [0.2, 0.25) is 0 Å². The Morgan fingerprint density at radius 3 is 2.47 bits per heavy atom. The molecule has 0 aliphatic carbocycles. The highest BCUT2D eigenvalue weighted by atomic mass is 79.9. The van der Waals surface area contributed by atoms with Crippen LogP contribution in [0.3, 0.4) is 0 Å². The van der Waals surface area contributed by atoms with Gasteiger partial charge in [0.05, 0.1) is 10.7 Å². The Morgan fingerprint density at radius 2 is 1.83 bits per heavy atom. The summed E-state index contributed by atoms with van der Waals surface area (Å²) in [5.74, 6) is -0.547. The molecular formula is C19H10BrClF3N5O. The Hall–Kier alpha value is -2.98. The summed E-state index contributed by atoms with van der Waals surface area (Å²) < 4.78 is 42.3. The highest BCUT2D eigenvalue weighted by Gasteiger charge is 2.35. The molecule has 6 nitrogen and oxygen atoms in total. The van der Waals surface area contributed by atoms with E-state index in [0.717, 1.165) is 10.5 Å². The number of amides is 1. The summed E-state index contributed by atoms with van der Waals surface area (Å²) in [6, 6.07) is 11.7. The summed E-state index contributed by atoms with van der Waals surface area (Å²) in [5, 5.41) is 6.64. The third-order valence-corrected chi connectivity index (χ3v) is 4.81. The molecular weight excluding hydrogens is 487 g/mol. The van der Waals surface area contributed by atoms with Crippen LogP contribution in [0.25, 0.3) is 16.9 Å². The Morgan fingerprint density at radius 1 is 1.10 bits per heavy atom. The summed E-state index contributed by atoms with van der Waals surface area (Å²) in [5.41, 5.74) is -0.805. The lowest BCUT2D eigenvalue weighted by Gasteiger charge is -2.11. The van der Waals surface area contributed by atoms with Crippen molar-refractivity contribution >= 4 is 44.9 Å². The van der Waals surface area contributed by atoms with E-state index in [1.807, 2.05) is 0 Å². The zero-order valence-corrected chi connectivity index (χ0v) is 17.1. The van der Waals surface area contributed by atoms with E-state index >= 15 is 0 Å². The number of hydrogen-bond acceptors (Lipinski definition) is 4. The predicted octanol–water partition coefficient (Wildman–Crippen LogP) is 5.48. The maximum atomic E-state index is 13.7. The average Bonchev–Trinajstić information content (AvgIpc) is 3.13. The lowest BCUT2D eigenvalue weighted by atomic mass is 10.1. The van der Waals surface area contributed by atoms with Crippen LogP contribution < -0.4 is 5.32 Å². The maximum absolute atomic E-state index is 13.7. The van der Waals surface area contributed by atoms with Gasteiger partial charge in [-0.1, -0.05) is 39.7 Å². The first-order valence-electron chi connectivity index (χ1n) is 8.37. The van der Waals surface area contributed by atoms with E-state index < -0.39 is 17.8 Å². The van der Waals surface area contributed by atoms with E-state index in [4.69, 9.17) is 11.6 Å². The van der Waals surface area contributed by atoms with Crippen molar-refractivity contribution in [3.8, 4) is 11.3 Å². The highest BCUT2D eigenvalue weighted by Crippen LogP contribution is 2.32. The third kappa shape index (κ3) is 4.14. The molecule has 4 aromatic rings. The summed E-state index contributed by atoms with van der Waals surface area (Å²) in [4.78, 5) is 20.6. The van der Waals surface area contributed by atoms with E-state index in [1.54, 1.807) is 24.3 Å². The van der Waals surface area contributed by atoms with Gasteiger partial charge in [0.25, 0.3) is 5.91 Å². The third-order valence-electron chi connectivity index (χ3n) is 4.06. The molecule has 0 bridgehead atoms. The van der Waals surface area contributed by atoms with Crippen molar-refractivity contribution in [3.05, 3.63) is 75.6 Å². The average molecular weight is 497 g/mol. The normalized spacial score (nSPS) is 11.6. The van der Waals surface area contributed by atoms with Crippen molar-refractivity contribution in [1.29, 1.82) is 0 Å². The number of aromatic nitrogens is 4. The minimum Gasteiger partial charge on any atom is -0.305 e. The Bertz CT molecular complexity index is 1240. The summed E-state index contributed by atoms with van der Waals surface area (Å²) >= 11 is 9.03. The second-order valence-corrected chi connectivity index (χ2v) is 7.50. The fraction of sp³-hybridized carbons (Fsp3) is 0.0526. The van der Waals surface area contributed by atoms with Gasteiger partial charge in [-0.3, -0.25) is 4.79 Å². The van der Waals surface area contributed by atoms with Gasteiger partial charge in [-0.2, -0.15) is 18.3 Å². The van der Waals surface area contributed by atoms with Crippen LogP contribution in [-0.4, -0.2) is 25.5 Å². The van der Waals surface area contributed by atoms with Crippen LogP contribution in [0.15, 0.2) is 59.2 Å². The molecule has 0 saturated heterocycles. The molecule has 0 unspecified atom stereocenters. The summed E-state index contributed by atoms with van der Waals surface area (Å²) in [6.07, 6.45) is -3.38. The number of rotatable bonds is 3. The minimum absolute atomic E-state index is 0.105. The molecule has 0 atom stereocenters. The quantitative estimate of drug-likeness (QED) is 0.408. The molecule has 1 N–H and O–H groups in total. The number of alkyl halides is 3. The first kappa shape index (κ1) is 20.3. The number of carbonyl (C=O) groups is 1. The van der Waals surface area contributed by atoms with Gasteiger partial charge in [-0.25, -0.2) is 14.5 Å². The largest absolute Gasteiger partial charge is 0.433 e. The Kier molecular flexibility index (Phi) is 5.20. The number of carbonyl (C=O) groups excluding carboxylic acids is 1. The number of anilines is 1. The van der Waals surface area contributed by atoms with Crippen molar-refractivity contribution in [2.75, 3.05) is 5.32 Å². The van der Waals surface area contributed by atoms with Crippen LogP contribution in [0.2, 0.25) is 5.02 Å². The number of fused-ring (bicyclic) bond motifs is 1. The maximum Gasteiger partial charge on any atom is 0.433 e. The van der Waals surface area contributed by atoms with Gasteiger partial charge in [-0.15, -0.1) is 0 Å². The minimum atomic E-state index is -4.71. The number of nitrogens with one attached hydrogen (secondary N) is 1. The molecule has 4 rings (SSSR count). The SMILES string of the molecule is O=C(Nc1ccc(Cl)cn1)c1cc2nc(-c3ccc(Br)cc3)cc(C(F)(F)F)n2n1. The van der Waals surface area contributed by atoms with Crippen LogP contribution in [0.1, 0.15) is 16.2 Å². The van der Waals surface area contributed by atoms with Crippen molar-refractivity contribution < 1.29 is 18.0 Å². The predicted molar refractivity (Wildman–Crippen MR) is 108 cm³/mol. The first-order valence-corrected chi connectivity index (χ1v) is 9.55. The summed E-state index contributed by atoms with van der Waals surface area (Å²) in [6.45, 7) is 0. The Labute approximate surface area is 180 Å². The van der Waals surface area contributed by atoms with Crippen LogP contribution in [0.5, 0.6) is 0 Å². The zero-order valence-electron chi connectivity index (χ0n) is 14.8. The molecule has 0 fully saturated rings. The van der Waals surface area contributed by atoms with Crippen LogP contribution >= 0.6 is 27.5 Å². The molecule has 3 heterocycles. The van der Waals surface area contributed by atoms with Gasteiger partial charge in [0.1, 0.15) is 5.82 Å². The van der Waals surface area contributed by atoms with Crippen LogP contribution in [0, 0.1) is 0 Å². The van der Waals surface area contributed by atoms with Gasteiger partial charge in [0, 0.05) is 22.3 Å². The number of halogens is 5. The fourth-order valence-electron chi connectivity index (χ4n) is 2.69. The molecule has 1 amide bonds.